The number of aromatic amines is 1. The number of benzene rings is 2. The number of carbonyl (C=O) groups is 1. The van der Waals surface area contributed by atoms with E-state index in [4.69, 9.17) is 0 Å². The maximum atomic E-state index is 12.7. The lowest BCUT2D eigenvalue weighted by Gasteiger charge is -2.29. The van der Waals surface area contributed by atoms with Gasteiger partial charge in [0.25, 0.3) is 5.91 Å². The Hall–Kier alpha value is -2.87. The van der Waals surface area contributed by atoms with Crippen molar-refractivity contribution < 1.29 is 13.2 Å². The van der Waals surface area contributed by atoms with Gasteiger partial charge in [-0.15, -0.1) is 0 Å². The van der Waals surface area contributed by atoms with Crippen molar-refractivity contribution in [3.8, 4) is 0 Å². The summed E-state index contributed by atoms with van der Waals surface area (Å²) in [6.45, 7) is 2.35. The first-order valence-corrected chi connectivity index (χ1v) is 11.0. The standard InChI is InChI=1S/C20H22N4O3S/c1-13(19-22-16-7-3-4-8-17(16)23-19)21-20(25)15-9-10-18-14(12-15)6-5-11-24(18)28(2,26)27/h3-4,7-10,12-13H,5-6,11H2,1-2H3,(H,21,25)(H,22,23)/t13-/m1/s1. The smallest absolute Gasteiger partial charge is 0.251 e. The predicted octanol–water partition coefficient (Wildman–Crippen LogP) is 2.77. The fourth-order valence-electron chi connectivity index (χ4n) is 3.57. The molecule has 8 heteroatoms. The highest BCUT2D eigenvalue weighted by atomic mass is 32.2. The number of sulfonamides is 1. The number of para-hydroxylation sites is 2. The van der Waals surface area contributed by atoms with Crippen LogP contribution in [0.4, 0.5) is 5.69 Å². The molecular formula is C20H22N4O3S. The summed E-state index contributed by atoms with van der Waals surface area (Å²) in [6, 6.07) is 12.6. The van der Waals surface area contributed by atoms with Gasteiger partial charge >= 0.3 is 0 Å². The second-order valence-corrected chi connectivity index (χ2v) is 9.02. The molecule has 1 aliphatic rings. The van der Waals surface area contributed by atoms with Gasteiger partial charge in [0.05, 0.1) is 29.0 Å². The number of nitrogens with one attached hydrogen (secondary N) is 2. The van der Waals surface area contributed by atoms with Crippen LogP contribution in [-0.4, -0.2) is 37.1 Å². The minimum Gasteiger partial charge on any atom is -0.342 e. The number of hydrogen-bond acceptors (Lipinski definition) is 4. The van der Waals surface area contributed by atoms with Crippen molar-refractivity contribution >= 4 is 32.7 Å². The molecule has 146 valence electrons. The zero-order valence-electron chi connectivity index (χ0n) is 15.8. The first-order chi connectivity index (χ1) is 13.3. The fourth-order valence-corrected chi connectivity index (χ4v) is 4.57. The normalized spacial score (nSPS) is 15.3. The quantitative estimate of drug-likeness (QED) is 0.706. The first kappa shape index (κ1) is 18.5. The van der Waals surface area contributed by atoms with Gasteiger partial charge in [0.2, 0.25) is 10.0 Å². The second-order valence-electron chi connectivity index (χ2n) is 7.12. The molecule has 2 aromatic carbocycles. The Morgan fingerprint density at radius 3 is 2.79 bits per heavy atom. The zero-order chi connectivity index (χ0) is 19.9. The molecule has 0 saturated heterocycles. The third kappa shape index (κ3) is 3.47. The molecule has 0 bridgehead atoms. The van der Waals surface area contributed by atoms with E-state index >= 15 is 0 Å². The summed E-state index contributed by atoms with van der Waals surface area (Å²) in [5, 5.41) is 2.96. The van der Waals surface area contributed by atoms with Crippen LogP contribution in [0.15, 0.2) is 42.5 Å². The molecule has 1 aliphatic heterocycles. The summed E-state index contributed by atoms with van der Waals surface area (Å²) in [5.74, 6) is 0.475. The van der Waals surface area contributed by atoms with E-state index in [9.17, 15) is 13.2 Å². The molecule has 0 fully saturated rings. The van der Waals surface area contributed by atoms with Crippen molar-refractivity contribution in [1.29, 1.82) is 0 Å². The van der Waals surface area contributed by atoms with E-state index in [2.05, 4.69) is 15.3 Å². The number of anilines is 1. The van der Waals surface area contributed by atoms with Crippen LogP contribution in [0.3, 0.4) is 0 Å². The summed E-state index contributed by atoms with van der Waals surface area (Å²) in [4.78, 5) is 20.5. The number of imidazole rings is 1. The monoisotopic (exact) mass is 398 g/mol. The van der Waals surface area contributed by atoms with Crippen molar-refractivity contribution in [2.45, 2.75) is 25.8 Å². The third-order valence-corrected chi connectivity index (χ3v) is 6.16. The van der Waals surface area contributed by atoms with Crippen LogP contribution < -0.4 is 9.62 Å². The lowest BCUT2D eigenvalue weighted by atomic mass is 10.0. The molecule has 4 rings (SSSR count). The van der Waals surface area contributed by atoms with Crippen LogP contribution >= 0.6 is 0 Å². The Morgan fingerprint density at radius 2 is 2.04 bits per heavy atom. The molecular weight excluding hydrogens is 376 g/mol. The van der Waals surface area contributed by atoms with Gasteiger partial charge in [-0.2, -0.15) is 0 Å². The molecule has 0 aliphatic carbocycles. The van der Waals surface area contributed by atoms with E-state index in [1.165, 1.54) is 10.6 Å². The molecule has 3 aromatic rings. The predicted molar refractivity (Wildman–Crippen MR) is 109 cm³/mol. The topological polar surface area (TPSA) is 95.2 Å². The minimum absolute atomic E-state index is 0.216. The number of aryl methyl sites for hydroxylation is 1. The maximum Gasteiger partial charge on any atom is 0.251 e. The highest BCUT2D eigenvalue weighted by Gasteiger charge is 2.25. The number of H-pyrrole nitrogens is 1. The van der Waals surface area contributed by atoms with Gasteiger partial charge in [-0.3, -0.25) is 9.10 Å². The summed E-state index contributed by atoms with van der Waals surface area (Å²) in [5.41, 5.74) is 3.83. The third-order valence-electron chi connectivity index (χ3n) is 4.98. The molecule has 2 N–H and O–H groups in total. The zero-order valence-corrected chi connectivity index (χ0v) is 16.6. The molecule has 1 aromatic heterocycles. The Balaban J connectivity index is 1.55. The van der Waals surface area contributed by atoms with Gasteiger partial charge in [0.1, 0.15) is 5.82 Å². The molecule has 2 heterocycles. The van der Waals surface area contributed by atoms with E-state index in [1.54, 1.807) is 18.2 Å². The molecule has 0 unspecified atom stereocenters. The van der Waals surface area contributed by atoms with Crippen molar-refractivity contribution in [2.75, 3.05) is 17.1 Å². The number of aromatic nitrogens is 2. The summed E-state index contributed by atoms with van der Waals surface area (Å²) < 4.78 is 25.4. The average molecular weight is 398 g/mol. The number of fused-ring (bicyclic) bond motifs is 2. The van der Waals surface area contributed by atoms with Crippen molar-refractivity contribution in [3.05, 3.63) is 59.4 Å². The Morgan fingerprint density at radius 1 is 1.25 bits per heavy atom. The highest BCUT2D eigenvalue weighted by Crippen LogP contribution is 2.30. The van der Waals surface area contributed by atoms with Gasteiger partial charge < -0.3 is 10.3 Å². The second kappa shape index (κ2) is 6.94. The van der Waals surface area contributed by atoms with Crippen molar-refractivity contribution in [1.82, 2.24) is 15.3 Å². The van der Waals surface area contributed by atoms with Crippen molar-refractivity contribution in [3.63, 3.8) is 0 Å². The van der Waals surface area contributed by atoms with Gasteiger partial charge in [-0.05, 0) is 55.7 Å². The first-order valence-electron chi connectivity index (χ1n) is 9.19. The Kier molecular flexibility index (Phi) is 4.58. The SMILES string of the molecule is C[C@@H](NC(=O)c1ccc2c(c1)CCCN2S(C)(=O)=O)c1nc2ccccc2[nH]1. The molecule has 0 radical (unpaired) electrons. The fraction of sp³-hybridized carbons (Fsp3) is 0.300. The number of carbonyl (C=O) groups excluding carboxylic acids is 1. The van der Waals surface area contributed by atoms with Crippen LogP contribution in [0.2, 0.25) is 0 Å². The molecule has 28 heavy (non-hydrogen) atoms. The largest absolute Gasteiger partial charge is 0.342 e. The lowest BCUT2D eigenvalue weighted by Crippen LogP contribution is -2.35. The Bertz CT molecular complexity index is 1120. The molecule has 1 amide bonds. The number of hydrogen-bond donors (Lipinski definition) is 2. The van der Waals surface area contributed by atoms with Gasteiger partial charge in [0, 0.05) is 12.1 Å². The van der Waals surface area contributed by atoms with Crippen LogP contribution in [0.1, 0.15) is 41.1 Å². The van der Waals surface area contributed by atoms with E-state index in [0.717, 1.165) is 29.4 Å². The van der Waals surface area contributed by atoms with Crippen molar-refractivity contribution in [2.24, 2.45) is 0 Å². The number of amides is 1. The van der Waals surface area contributed by atoms with Gasteiger partial charge in [-0.25, -0.2) is 13.4 Å². The number of nitrogens with zero attached hydrogens (tertiary/aromatic N) is 2. The summed E-state index contributed by atoms with van der Waals surface area (Å²) in [7, 11) is -3.32. The molecule has 1 atom stereocenters. The van der Waals surface area contributed by atoms with E-state index in [0.29, 0.717) is 23.6 Å². The van der Waals surface area contributed by atoms with E-state index in [-0.39, 0.29) is 11.9 Å². The molecule has 0 saturated carbocycles. The summed E-state index contributed by atoms with van der Waals surface area (Å²) >= 11 is 0. The van der Waals surface area contributed by atoms with Crippen LogP contribution in [-0.2, 0) is 16.4 Å². The minimum atomic E-state index is -3.32. The van der Waals surface area contributed by atoms with Crippen LogP contribution in [0.25, 0.3) is 11.0 Å². The van der Waals surface area contributed by atoms with Gasteiger partial charge in [-0.1, -0.05) is 12.1 Å². The summed E-state index contributed by atoms with van der Waals surface area (Å²) in [6.07, 6.45) is 2.69. The average Bonchev–Trinajstić information content (AvgIpc) is 3.10. The van der Waals surface area contributed by atoms with E-state index in [1.807, 2.05) is 31.2 Å². The molecule has 0 spiro atoms. The molecule has 7 nitrogen and oxygen atoms in total. The maximum absolute atomic E-state index is 12.7. The van der Waals surface area contributed by atoms with Gasteiger partial charge in [0.15, 0.2) is 0 Å². The highest BCUT2D eigenvalue weighted by molar-refractivity contribution is 7.92. The van der Waals surface area contributed by atoms with E-state index < -0.39 is 10.0 Å². The van der Waals surface area contributed by atoms with Crippen LogP contribution in [0.5, 0.6) is 0 Å². The van der Waals surface area contributed by atoms with Crippen LogP contribution in [0, 0.1) is 0 Å². The number of rotatable bonds is 4. The Labute approximate surface area is 163 Å². The lowest BCUT2D eigenvalue weighted by molar-refractivity contribution is 0.0938.